The zero-order valence-corrected chi connectivity index (χ0v) is 25.0. The minimum absolute atomic E-state index is 0.437. The molecule has 0 aliphatic rings. The third kappa shape index (κ3) is 3.08. The molecule has 6 aromatic carbocycles. The van der Waals surface area contributed by atoms with Crippen LogP contribution < -0.4 is 0 Å². The Hall–Kier alpha value is -5.98. The first-order valence-corrected chi connectivity index (χ1v) is 16.1. The lowest BCUT2D eigenvalue weighted by molar-refractivity contribution is 0.518. The fraction of sp³-hybridized carbons (Fsp3) is 0. The standard InChI is InChI=1S/C40H21N3O2S/c1-2-12-22(13-3-1)34-38(42-39-35(41-34)33-26-17-7-10-20-29(26)44-40(33)45-39)43-28-19-9-6-16-25(28)31-23-14-4-5-15-24(23)32-27-18-8-11-21-30(27)46-37(32)36(31)43/h1-21H. The molecule has 0 spiro atoms. The van der Waals surface area contributed by atoms with E-state index in [4.69, 9.17) is 18.8 Å². The van der Waals surface area contributed by atoms with Gasteiger partial charge in [-0.15, -0.1) is 11.3 Å². The van der Waals surface area contributed by atoms with E-state index in [1.807, 2.05) is 53.8 Å². The van der Waals surface area contributed by atoms with E-state index in [9.17, 15) is 0 Å². The van der Waals surface area contributed by atoms with Crippen LogP contribution in [0.1, 0.15) is 0 Å². The van der Waals surface area contributed by atoms with Crippen molar-refractivity contribution < 1.29 is 8.83 Å². The maximum Gasteiger partial charge on any atom is 0.302 e. The number of aromatic nitrogens is 3. The lowest BCUT2D eigenvalue weighted by atomic mass is 9.99. The smallest absolute Gasteiger partial charge is 0.302 e. The predicted molar refractivity (Wildman–Crippen MR) is 189 cm³/mol. The second kappa shape index (κ2) is 8.81. The Morgan fingerprint density at radius 3 is 2.07 bits per heavy atom. The maximum absolute atomic E-state index is 6.35. The van der Waals surface area contributed by atoms with E-state index < -0.39 is 0 Å². The number of hydrogen-bond acceptors (Lipinski definition) is 5. The first-order valence-electron chi connectivity index (χ1n) is 15.3. The molecule has 214 valence electrons. The Balaban J connectivity index is 1.39. The van der Waals surface area contributed by atoms with Crippen molar-refractivity contribution in [2.75, 3.05) is 0 Å². The molecule has 0 saturated heterocycles. The highest BCUT2D eigenvalue weighted by atomic mass is 32.1. The van der Waals surface area contributed by atoms with Crippen LogP contribution >= 0.6 is 11.3 Å². The van der Waals surface area contributed by atoms with Gasteiger partial charge in [-0.1, -0.05) is 109 Å². The number of rotatable bonds is 2. The minimum Gasteiger partial charge on any atom is -0.425 e. The van der Waals surface area contributed by atoms with Gasteiger partial charge in [-0.3, -0.25) is 4.57 Å². The first kappa shape index (κ1) is 24.4. The van der Waals surface area contributed by atoms with E-state index in [1.165, 1.54) is 41.7 Å². The molecule has 0 fully saturated rings. The molecule has 0 aliphatic carbocycles. The molecule has 46 heavy (non-hydrogen) atoms. The molecule has 0 aliphatic heterocycles. The number of furan rings is 2. The van der Waals surface area contributed by atoms with Gasteiger partial charge in [0.15, 0.2) is 5.82 Å². The largest absolute Gasteiger partial charge is 0.425 e. The van der Waals surface area contributed by atoms with Crippen molar-refractivity contribution in [3.05, 3.63) is 127 Å². The van der Waals surface area contributed by atoms with E-state index in [0.29, 0.717) is 17.0 Å². The third-order valence-electron chi connectivity index (χ3n) is 9.24. The number of thiophene rings is 1. The van der Waals surface area contributed by atoms with Crippen LogP contribution in [0, 0.1) is 0 Å². The Labute approximate surface area is 264 Å². The van der Waals surface area contributed by atoms with Crippen LogP contribution in [0.5, 0.6) is 0 Å². The van der Waals surface area contributed by atoms with E-state index in [-0.39, 0.29) is 0 Å². The molecule has 0 bridgehead atoms. The summed E-state index contributed by atoms with van der Waals surface area (Å²) in [6, 6.07) is 44.4. The molecule has 5 nitrogen and oxygen atoms in total. The summed E-state index contributed by atoms with van der Waals surface area (Å²) in [5.41, 5.74) is 5.88. The second-order valence-electron chi connectivity index (χ2n) is 11.7. The number of fused-ring (bicyclic) bond motifs is 15. The molecule has 0 radical (unpaired) electrons. The molecule has 0 saturated carbocycles. The quantitative estimate of drug-likeness (QED) is 0.196. The van der Waals surface area contributed by atoms with Gasteiger partial charge in [0.05, 0.1) is 21.1 Å². The van der Waals surface area contributed by atoms with E-state index in [1.54, 1.807) is 0 Å². The molecule has 5 heterocycles. The van der Waals surface area contributed by atoms with Crippen molar-refractivity contribution in [2.45, 2.75) is 0 Å². The fourth-order valence-corrected chi connectivity index (χ4v) is 8.60. The Bertz CT molecular complexity index is 3040. The summed E-state index contributed by atoms with van der Waals surface area (Å²) in [7, 11) is 0. The number of para-hydroxylation sites is 2. The van der Waals surface area contributed by atoms with Crippen LogP contribution in [0.4, 0.5) is 0 Å². The molecule has 0 atom stereocenters. The van der Waals surface area contributed by atoms with Crippen LogP contribution in [-0.4, -0.2) is 14.5 Å². The molecular formula is C40H21N3O2S. The number of nitrogens with zero attached hydrogens (tertiary/aromatic N) is 3. The number of benzene rings is 6. The first-order chi connectivity index (χ1) is 22.8. The molecule has 0 N–H and O–H groups in total. The topological polar surface area (TPSA) is 57.0 Å². The average Bonchev–Trinajstić information content (AvgIpc) is 3.85. The molecule has 11 aromatic rings. The van der Waals surface area contributed by atoms with Gasteiger partial charge >= 0.3 is 5.78 Å². The molecule has 0 amide bonds. The van der Waals surface area contributed by atoms with Crippen molar-refractivity contribution in [1.82, 2.24) is 14.5 Å². The van der Waals surface area contributed by atoms with Crippen LogP contribution in [0.3, 0.4) is 0 Å². The summed E-state index contributed by atoms with van der Waals surface area (Å²) in [6.45, 7) is 0. The van der Waals surface area contributed by atoms with Crippen molar-refractivity contribution in [2.24, 2.45) is 0 Å². The third-order valence-corrected chi connectivity index (χ3v) is 10.4. The van der Waals surface area contributed by atoms with Gasteiger partial charge in [0.25, 0.3) is 5.71 Å². The monoisotopic (exact) mass is 607 g/mol. The van der Waals surface area contributed by atoms with Gasteiger partial charge < -0.3 is 8.83 Å². The van der Waals surface area contributed by atoms with Crippen LogP contribution in [0.25, 0.3) is 103 Å². The van der Waals surface area contributed by atoms with Gasteiger partial charge in [-0.05, 0) is 29.0 Å². The summed E-state index contributed by atoms with van der Waals surface area (Å²) in [6.07, 6.45) is 0. The molecule has 6 heteroatoms. The zero-order valence-electron chi connectivity index (χ0n) is 24.2. The van der Waals surface area contributed by atoms with E-state index in [2.05, 4.69) is 89.5 Å². The highest BCUT2D eigenvalue weighted by Crippen LogP contribution is 2.48. The molecule has 5 aromatic heterocycles. The van der Waals surface area contributed by atoms with E-state index >= 15 is 0 Å². The molecular weight excluding hydrogens is 587 g/mol. The summed E-state index contributed by atoms with van der Waals surface area (Å²) in [4.78, 5) is 10.7. The van der Waals surface area contributed by atoms with Gasteiger partial charge in [0, 0.05) is 37.2 Å². The normalized spacial score (nSPS) is 12.3. The fourth-order valence-electron chi connectivity index (χ4n) is 7.34. The number of hydrogen-bond donors (Lipinski definition) is 0. The lowest BCUT2D eigenvalue weighted by Crippen LogP contribution is -2.03. The summed E-state index contributed by atoms with van der Waals surface area (Å²) in [5, 5.41) is 9.22. The Morgan fingerprint density at radius 2 is 1.22 bits per heavy atom. The lowest BCUT2D eigenvalue weighted by Gasteiger charge is -2.13. The van der Waals surface area contributed by atoms with Gasteiger partial charge in [0.2, 0.25) is 0 Å². The SMILES string of the molecule is c1ccc(-c2nc3c(nc2-n2c4ccccc4c4c5ccccc5c5c6ccccc6sc5c42)oc2oc4ccccc4c23)cc1. The maximum atomic E-state index is 6.35. The Kier molecular flexibility index (Phi) is 4.66. The van der Waals surface area contributed by atoms with Crippen molar-refractivity contribution >= 4 is 97.5 Å². The second-order valence-corrected chi connectivity index (χ2v) is 12.8. The van der Waals surface area contributed by atoms with Crippen molar-refractivity contribution in [3.8, 4) is 17.1 Å². The summed E-state index contributed by atoms with van der Waals surface area (Å²) < 4.78 is 17.3. The zero-order chi connectivity index (χ0) is 29.9. The van der Waals surface area contributed by atoms with Crippen molar-refractivity contribution in [3.63, 3.8) is 0 Å². The highest BCUT2D eigenvalue weighted by molar-refractivity contribution is 7.27. The highest BCUT2D eigenvalue weighted by Gasteiger charge is 2.26. The molecule has 11 rings (SSSR count). The summed E-state index contributed by atoms with van der Waals surface area (Å²) in [5.74, 6) is 1.16. The van der Waals surface area contributed by atoms with Gasteiger partial charge in [0.1, 0.15) is 16.8 Å². The average molecular weight is 608 g/mol. The minimum atomic E-state index is 0.437. The van der Waals surface area contributed by atoms with Gasteiger partial charge in [-0.25, -0.2) is 4.98 Å². The van der Waals surface area contributed by atoms with Crippen molar-refractivity contribution in [1.29, 1.82) is 0 Å². The van der Waals surface area contributed by atoms with Crippen LogP contribution in [0.15, 0.2) is 136 Å². The Morgan fingerprint density at radius 1 is 0.543 bits per heavy atom. The summed E-state index contributed by atoms with van der Waals surface area (Å²) >= 11 is 1.83. The predicted octanol–water partition coefficient (Wildman–Crippen LogP) is 11.4. The van der Waals surface area contributed by atoms with Crippen LogP contribution in [-0.2, 0) is 0 Å². The van der Waals surface area contributed by atoms with E-state index in [0.717, 1.165) is 44.5 Å². The van der Waals surface area contributed by atoms with Crippen LogP contribution in [0.2, 0.25) is 0 Å². The van der Waals surface area contributed by atoms with Gasteiger partial charge in [-0.2, -0.15) is 4.98 Å². The molecule has 0 unspecified atom stereocenters.